The zero-order valence-corrected chi connectivity index (χ0v) is 12.1. The van der Waals surface area contributed by atoms with Crippen molar-refractivity contribution in [3.63, 3.8) is 0 Å². The first-order valence-corrected chi connectivity index (χ1v) is 7.25. The molecule has 2 N–H and O–H groups in total. The van der Waals surface area contributed by atoms with Crippen molar-refractivity contribution in [1.29, 1.82) is 0 Å². The predicted molar refractivity (Wildman–Crippen MR) is 79.5 cm³/mol. The van der Waals surface area contributed by atoms with E-state index in [1.165, 1.54) is 17.5 Å². The SMILES string of the molecule is CO[C@H]1CN(C)CC[C@@H]1c1cccc(CCCN)c1. The molecule has 19 heavy (non-hydrogen) atoms. The normalized spacial score (nSPS) is 24.6. The number of methoxy groups -OCH3 is 1. The van der Waals surface area contributed by atoms with Crippen LogP contribution in [-0.2, 0) is 11.2 Å². The zero-order valence-electron chi connectivity index (χ0n) is 12.1. The first-order valence-electron chi connectivity index (χ1n) is 7.25. The van der Waals surface area contributed by atoms with Crippen molar-refractivity contribution in [2.75, 3.05) is 33.8 Å². The smallest absolute Gasteiger partial charge is 0.0766 e. The molecule has 1 fully saturated rings. The molecule has 1 heterocycles. The Morgan fingerprint density at radius 1 is 1.42 bits per heavy atom. The maximum absolute atomic E-state index is 5.69. The van der Waals surface area contributed by atoms with E-state index >= 15 is 0 Å². The number of likely N-dealkylation sites (N-methyl/N-ethyl adjacent to an activating group) is 1. The molecule has 0 aliphatic carbocycles. The van der Waals surface area contributed by atoms with Gasteiger partial charge in [-0.05, 0) is 50.5 Å². The molecule has 3 heteroatoms. The number of nitrogens with two attached hydrogens (primary N) is 1. The number of hydrogen-bond acceptors (Lipinski definition) is 3. The number of benzene rings is 1. The van der Waals surface area contributed by atoms with E-state index in [-0.39, 0.29) is 0 Å². The Hall–Kier alpha value is -0.900. The van der Waals surface area contributed by atoms with Gasteiger partial charge in [-0.15, -0.1) is 0 Å². The van der Waals surface area contributed by atoms with Gasteiger partial charge >= 0.3 is 0 Å². The molecular formula is C16H26N2O. The molecule has 0 radical (unpaired) electrons. The lowest BCUT2D eigenvalue weighted by Gasteiger charge is -2.36. The van der Waals surface area contributed by atoms with Crippen LogP contribution in [0.4, 0.5) is 0 Å². The van der Waals surface area contributed by atoms with Crippen molar-refractivity contribution in [3.8, 4) is 0 Å². The van der Waals surface area contributed by atoms with Gasteiger partial charge < -0.3 is 15.4 Å². The lowest BCUT2D eigenvalue weighted by atomic mass is 9.86. The van der Waals surface area contributed by atoms with Crippen LogP contribution in [0.1, 0.15) is 29.9 Å². The third-order valence-electron chi connectivity index (χ3n) is 4.11. The van der Waals surface area contributed by atoms with Crippen LogP contribution in [0.25, 0.3) is 0 Å². The molecule has 1 aromatic carbocycles. The van der Waals surface area contributed by atoms with Crippen molar-refractivity contribution < 1.29 is 4.74 Å². The van der Waals surface area contributed by atoms with E-state index in [0.29, 0.717) is 12.0 Å². The first kappa shape index (κ1) is 14.5. The first-order chi connectivity index (χ1) is 9.24. The number of nitrogens with zero attached hydrogens (tertiary/aromatic N) is 1. The standard InChI is InChI=1S/C16H26N2O/c1-18-10-8-15(16(12-18)19-2)14-7-3-5-13(11-14)6-4-9-17/h3,5,7,11,15-16H,4,6,8-10,12,17H2,1-2H3/t15-,16+/m1/s1. The molecule has 0 spiro atoms. The highest BCUT2D eigenvalue weighted by Gasteiger charge is 2.28. The minimum absolute atomic E-state index is 0.309. The maximum Gasteiger partial charge on any atom is 0.0766 e. The third kappa shape index (κ3) is 3.78. The van der Waals surface area contributed by atoms with Gasteiger partial charge in [-0.1, -0.05) is 24.3 Å². The van der Waals surface area contributed by atoms with Crippen molar-refractivity contribution in [3.05, 3.63) is 35.4 Å². The van der Waals surface area contributed by atoms with Crippen LogP contribution in [0.5, 0.6) is 0 Å². The highest BCUT2D eigenvalue weighted by molar-refractivity contribution is 5.28. The van der Waals surface area contributed by atoms with E-state index in [0.717, 1.165) is 32.5 Å². The van der Waals surface area contributed by atoms with Gasteiger partial charge in [0.25, 0.3) is 0 Å². The zero-order chi connectivity index (χ0) is 13.7. The summed E-state index contributed by atoms with van der Waals surface area (Å²) in [5.74, 6) is 0.527. The lowest BCUT2D eigenvalue weighted by Crippen LogP contribution is -2.41. The second-order valence-corrected chi connectivity index (χ2v) is 5.57. The van der Waals surface area contributed by atoms with E-state index in [1.807, 2.05) is 7.11 Å². The molecule has 0 saturated carbocycles. The van der Waals surface area contributed by atoms with Crippen LogP contribution in [0, 0.1) is 0 Å². The van der Waals surface area contributed by atoms with Crippen LogP contribution in [0.2, 0.25) is 0 Å². The monoisotopic (exact) mass is 262 g/mol. The predicted octanol–water partition coefficient (Wildman–Crippen LogP) is 2.01. The number of piperidine rings is 1. The number of rotatable bonds is 5. The summed E-state index contributed by atoms with van der Waals surface area (Å²) in [5.41, 5.74) is 8.42. The third-order valence-corrected chi connectivity index (χ3v) is 4.11. The Balaban J connectivity index is 2.11. The fraction of sp³-hybridized carbons (Fsp3) is 0.625. The van der Waals surface area contributed by atoms with Crippen molar-refractivity contribution in [1.82, 2.24) is 4.90 Å². The van der Waals surface area contributed by atoms with E-state index < -0.39 is 0 Å². The lowest BCUT2D eigenvalue weighted by molar-refractivity contribution is 0.0233. The largest absolute Gasteiger partial charge is 0.379 e. The number of ether oxygens (including phenoxy) is 1. The molecule has 2 atom stereocenters. The molecule has 0 amide bonds. The average molecular weight is 262 g/mol. The summed E-state index contributed by atoms with van der Waals surface area (Å²) in [4.78, 5) is 2.35. The number of likely N-dealkylation sites (tertiary alicyclic amines) is 1. The second kappa shape index (κ2) is 7.04. The van der Waals surface area contributed by atoms with Gasteiger partial charge in [-0.2, -0.15) is 0 Å². The van der Waals surface area contributed by atoms with Gasteiger partial charge in [0.2, 0.25) is 0 Å². The molecule has 3 nitrogen and oxygen atoms in total. The van der Waals surface area contributed by atoms with E-state index in [2.05, 4.69) is 36.2 Å². The van der Waals surface area contributed by atoms with Gasteiger partial charge in [0.1, 0.15) is 0 Å². The van der Waals surface area contributed by atoms with Gasteiger partial charge in [0.05, 0.1) is 6.10 Å². The van der Waals surface area contributed by atoms with Crippen molar-refractivity contribution >= 4 is 0 Å². The Bertz CT molecular complexity index is 394. The number of aryl methyl sites for hydroxylation is 1. The second-order valence-electron chi connectivity index (χ2n) is 5.57. The summed E-state index contributed by atoms with van der Waals surface area (Å²) in [6.07, 6.45) is 3.62. The van der Waals surface area contributed by atoms with E-state index in [9.17, 15) is 0 Å². The summed E-state index contributed by atoms with van der Waals surface area (Å²) in [5, 5.41) is 0. The molecule has 0 bridgehead atoms. The van der Waals surface area contributed by atoms with Crippen LogP contribution >= 0.6 is 0 Å². The average Bonchev–Trinajstić information content (AvgIpc) is 2.45. The molecule has 1 aromatic rings. The van der Waals surface area contributed by atoms with Crippen molar-refractivity contribution in [2.45, 2.75) is 31.3 Å². The fourth-order valence-electron chi connectivity index (χ4n) is 2.98. The van der Waals surface area contributed by atoms with E-state index in [1.54, 1.807) is 0 Å². The molecule has 0 aromatic heterocycles. The van der Waals surface area contributed by atoms with Gasteiger partial charge in [0.15, 0.2) is 0 Å². The molecule has 1 aliphatic rings. The molecule has 1 saturated heterocycles. The Morgan fingerprint density at radius 2 is 2.26 bits per heavy atom. The summed E-state index contributed by atoms with van der Waals surface area (Å²) in [6, 6.07) is 8.97. The highest BCUT2D eigenvalue weighted by Crippen LogP contribution is 2.30. The van der Waals surface area contributed by atoms with Gasteiger partial charge in [-0.25, -0.2) is 0 Å². The Kier molecular flexibility index (Phi) is 5.37. The van der Waals surface area contributed by atoms with Crippen LogP contribution in [-0.4, -0.2) is 44.8 Å². The summed E-state index contributed by atoms with van der Waals surface area (Å²) < 4.78 is 5.69. The quantitative estimate of drug-likeness (QED) is 0.882. The Morgan fingerprint density at radius 3 is 3.00 bits per heavy atom. The van der Waals surface area contributed by atoms with Gasteiger partial charge in [0, 0.05) is 19.6 Å². The minimum atomic E-state index is 0.309. The van der Waals surface area contributed by atoms with Gasteiger partial charge in [-0.3, -0.25) is 0 Å². The Labute approximate surface area is 116 Å². The number of hydrogen-bond donors (Lipinski definition) is 1. The topological polar surface area (TPSA) is 38.5 Å². The minimum Gasteiger partial charge on any atom is -0.379 e. The highest BCUT2D eigenvalue weighted by atomic mass is 16.5. The molecule has 0 unspecified atom stereocenters. The molecular weight excluding hydrogens is 236 g/mol. The maximum atomic E-state index is 5.69. The molecule has 106 valence electrons. The summed E-state index contributed by atoms with van der Waals surface area (Å²) in [6.45, 7) is 2.94. The van der Waals surface area contributed by atoms with E-state index in [4.69, 9.17) is 10.5 Å². The van der Waals surface area contributed by atoms with Crippen LogP contribution < -0.4 is 5.73 Å². The fourth-order valence-corrected chi connectivity index (χ4v) is 2.98. The van der Waals surface area contributed by atoms with Crippen LogP contribution in [0.3, 0.4) is 0 Å². The van der Waals surface area contributed by atoms with Crippen LogP contribution in [0.15, 0.2) is 24.3 Å². The summed E-state index contributed by atoms with van der Waals surface area (Å²) >= 11 is 0. The van der Waals surface area contributed by atoms with Crippen molar-refractivity contribution in [2.24, 2.45) is 5.73 Å². The molecule has 2 rings (SSSR count). The molecule has 1 aliphatic heterocycles. The summed E-state index contributed by atoms with van der Waals surface area (Å²) in [7, 11) is 4.00.